The van der Waals surface area contributed by atoms with E-state index in [0.29, 0.717) is 24.7 Å². The van der Waals surface area contributed by atoms with Crippen molar-refractivity contribution in [2.75, 3.05) is 25.6 Å². The molecule has 0 saturated carbocycles. The van der Waals surface area contributed by atoms with Crippen LogP contribution in [-0.4, -0.2) is 36.0 Å². The molecule has 1 N–H and O–H groups in total. The van der Waals surface area contributed by atoms with E-state index in [0.717, 1.165) is 42.4 Å². The quantitative estimate of drug-likeness (QED) is 0.647. The van der Waals surface area contributed by atoms with E-state index in [9.17, 15) is 8.78 Å². The highest BCUT2D eigenvalue weighted by atomic mass is 19.2. The molecule has 28 heavy (non-hydrogen) atoms. The van der Waals surface area contributed by atoms with Crippen molar-refractivity contribution in [1.82, 2.24) is 9.55 Å². The molecule has 1 atom stereocenters. The second kappa shape index (κ2) is 7.85. The zero-order chi connectivity index (χ0) is 19.7. The van der Waals surface area contributed by atoms with E-state index >= 15 is 0 Å². The zero-order valence-electron chi connectivity index (χ0n) is 16.0. The SMILES string of the molecule is COCCOC1CCc2c(c3ccc(Nc4ccc(F)c(F)c4)nc3n2C)C1. The molecule has 0 aliphatic heterocycles. The van der Waals surface area contributed by atoms with Crippen LogP contribution in [-0.2, 0) is 29.4 Å². The molecule has 1 aliphatic rings. The molecule has 0 amide bonds. The smallest absolute Gasteiger partial charge is 0.160 e. The number of nitrogens with one attached hydrogen (secondary N) is 1. The summed E-state index contributed by atoms with van der Waals surface area (Å²) in [6, 6.07) is 7.60. The minimum atomic E-state index is -0.889. The number of hydrogen-bond acceptors (Lipinski definition) is 4. The Morgan fingerprint density at radius 2 is 2.04 bits per heavy atom. The minimum absolute atomic E-state index is 0.188. The fourth-order valence-corrected chi connectivity index (χ4v) is 3.83. The average Bonchev–Trinajstić information content (AvgIpc) is 2.97. The molecule has 0 fully saturated rings. The Morgan fingerprint density at radius 1 is 1.18 bits per heavy atom. The van der Waals surface area contributed by atoms with Crippen molar-refractivity contribution in [3.05, 3.63) is 53.2 Å². The molecule has 0 saturated heterocycles. The normalized spacial score (nSPS) is 16.4. The van der Waals surface area contributed by atoms with E-state index in [-0.39, 0.29) is 6.10 Å². The van der Waals surface area contributed by atoms with E-state index < -0.39 is 11.6 Å². The Morgan fingerprint density at radius 3 is 2.82 bits per heavy atom. The van der Waals surface area contributed by atoms with Gasteiger partial charge in [0.15, 0.2) is 11.6 Å². The van der Waals surface area contributed by atoms with Gasteiger partial charge in [-0.25, -0.2) is 13.8 Å². The van der Waals surface area contributed by atoms with Crippen molar-refractivity contribution in [1.29, 1.82) is 0 Å². The number of halogens is 2. The third-order valence-corrected chi connectivity index (χ3v) is 5.24. The molecule has 0 bridgehead atoms. The van der Waals surface area contributed by atoms with Crippen LogP contribution in [0.1, 0.15) is 17.7 Å². The van der Waals surface area contributed by atoms with E-state index in [2.05, 4.69) is 9.88 Å². The number of ether oxygens (including phenoxy) is 2. The highest BCUT2D eigenvalue weighted by Gasteiger charge is 2.25. The fourth-order valence-electron chi connectivity index (χ4n) is 3.83. The van der Waals surface area contributed by atoms with E-state index in [4.69, 9.17) is 14.5 Å². The lowest BCUT2D eigenvalue weighted by Gasteiger charge is -2.23. The molecule has 0 radical (unpaired) electrons. The Labute approximate surface area is 162 Å². The van der Waals surface area contributed by atoms with Gasteiger partial charge >= 0.3 is 0 Å². The van der Waals surface area contributed by atoms with Crippen molar-refractivity contribution in [3.63, 3.8) is 0 Å². The van der Waals surface area contributed by atoms with Gasteiger partial charge in [0.2, 0.25) is 0 Å². The summed E-state index contributed by atoms with van der Waals surface area (Å²) >= 11 is 0. The van der Waals surface area contributed by atoms with Gasteiger partial charge in [0.05, 0.1) is 19.3 Å². The summed E-state index contributed by atoms with van der Waals surface area (Å²) in [5.41, 5.74) is 3.88. The van der Waals surface area contributed by atoms with Crippen LogP contribution < -0.4 is 5.32 Å². The molecule has 7 heteroatoms. The molecule has 1 aliphatic carbocycles. The number of rotatable bonds is 6. The van der Waals surface area contributed by atoms with Crippen LogP contribution >= 0.6 is 0 Å². The van der Waals surface area contributed by atoms with Crippen molar-refractivity contribution < 1.29 is 18.3 Å². The third-order valence-electron chi connectivity index (χ3n) is 5.24. The second-order valence-electron chi connectivity index (χ2n) is 7.03. The standard InChI is InChI=1S/C21H23F2N3O2/c1-26-19-7-4-14(28-10-9-27-2)12-16(19)15-5-8-20(25-21(15)26)24-13-3-6-17(22)18(23)11-13/h3,5-6,8,11,14H,4,7,9-10,12H2,1-2H3,(H,24,25). The maximum atomic E-state index is 13.4. The molecule has 2 aromatic heterocycles. The topological polar surface area (TPSA) is 48.3 Å². The molecule has 1 aromatic carbocycles. The maximum Gasteiger partial charge on any atom is 0.160 e. The van der Waals surface area contributed by atoms with Crippen LogP contribution in [0.3, 0.4) is 0 Å². The Hall–Kier alpha value is -2.51. The van der Waals surface area contributed by atoms with Gasteiger partial charge in [0.25, 0.3) is 0 Å². The number of methoxy groups -OCH3 is 1. The molecule has 3 aromatic rings. The first-order valence-corrected chi connectivity index (χ1v) is 9.36. The Kier molecular flexibility index (Phi) is 5.28. The van der Waals surface area contributed by atoms with Gasteiger partial charge in [-0.3, -0.25) is 0 Å². The van der Waals surface area contributed by atoms with Crippen molar-refractivity contribution in [3.8, 4) is 0 Å². The van der Waals surface area contributed by atoms with Gasteiger partial charge in [-0.15, -0.1) is 0 Å². The van der Waals surface area contributed by atoms with Crippen LogP contribution in [0.25, 0.3) is 11.0 Å². The first kappa shape index (κ1) is 18.8. The van der Waals surface area contributed by atoms with Crippen LogP contribution in [0, 0.1) is 11.6 Å². The minimum Gasteiger partial charge on any atom is -0.382 e. The summed E-state index contributed by atoms with van der Waals surface area (Å²) in [5.74, 6) is -1.17. The molecule has 0 spiro atoms. The summed E-state index contributed by atoms with van der Waals surface area (Å²) in [4.78, 5) is 4.70. The number of pyridine rings is 1. The lowest BCUT2D eigenvalue weighted by Crippen LogP contribution is -2.24. The number of nitrogens with zero attached hydrogens (tertiary/aromatic N) is 2. The Balaban J connectivity index is 1.59. The van der Waals surface area contributed by atoms with Crippen molar-refractivity contribution >= 4 is 22.5 Å². The summed E-state index contributed by atoms with van der Waals surface area (Å²) in [5, 5.41) is 4.15. The first-order valence-electron chi connectivity index (χ1n) is 9.36. The predicted octanol–water partition coefficient (Wildman–Crippen LogP) is 4.12. The van der Waals surface area contributed by atoms with Gasteiger partial charge in [-0.2, -0.15) is 0 Å². The second-order valence-corrected chi connectivity index (χ2v) is 7.03. The van der Waals surface area contributed by atoms with Crippen LogP contribution in [0.2, 0.25) is 0 Å². The summed E-state index contributed by atoms with van der Waals surface area (Å²) in [6.45, 7) is 1.20. The number of hydrogen-bond donors (Lipinski definition) is 1. The number of anilines is 2. The van der Waals surface area contributed by atoms with Gasteiger partial charge in [-0.05, 0) is 42.7 Å². The van der Waals surface area contributed by atoms with Gasteiger partial charge in [-0.1, -0.05) is 0 Å². The zero-order valence-corrected chi connectivity index (χ0v) is 16.0. The van der Waals surface area contributed by atoms with E-state index in [1.54, 1.807) is 7.11 Å². The van der Waals surface area contributed by atoms with Gasteiger partial charge < -0.3 is 19.4 Å². The molecular weight excluding hydrogens is 364 g/mol. The lowest BCUT2D eigenvalue weighted by molar-refractivity contribution is 0.0110. The van der Waals surface area contributed by atoms with E-state index in [1.807, 2.05) is 19.2 Å². The fraction of sp³-hybridized carbons (Fsp3) is 0.381. The van der Waals surface area contributed by atoms with Crippen LogP contribution in [0.15, 0.2) is 30.3 Å². The summed E-state index contributed by atoms with van der Waals surface area (Å²) < 4.78 is 39.7. The van der Waals surface area contributed by atoms with Crippen LogP contribution in [0.5, 0.6) is 0 Å². The molecule has 148 valence electrons. The van der Waals surface area contributed by atoms with Crippen molar-refractivity contribution in [2.24, 2.45) is 7.05 Å². The third kappa shape index (κ3) is 3.59. The molecular formula is C21H23F2N3O2. The number of aromatic nitrogens is 2. The first-order chi connectivity index (χ1) is 13.6. The molecule has 2 heterocycles. The largest absolute Gasteiger partial charge is 0.382 e. The number of fused-ring (bicyclic) bond motifs is 3. The predicted molar refractivity (Wildman–Crippen MR) is 104 cm³/mol. The molecule has 5 nitrogen and oxygen atoms in total. The number of benzene rings is 1. The Bertz CT molecular complexity index is 1000. The summed E-state index contributed by atoms with van der Waals surface area (Å²) in [6.07, 6.45) is 2.95. The number of aryl methyl sites for hydroxylation is 1. The lowest BCUT2D eigenvalue weighted by atomic mass is 9.93. The maximum absolute atomic E-state index is 13.4. The summed E-state index contributed by atoms with van der Waals surface area (Å²) in [7, 11) is 3.69. The van der Waals surface area contributed by atoms with Crippen molar-refractivity contribution in [2.45, 2.75) is 25.4 Å². The average molecular weight is 387 g/mol. The van der Waals surface area contributed by atoms with Crippen LogP contribution in [0.4, 0.5) is 20.3 Å². The highest BCUT2D eigenvalue weighted by molar-refractivity contribution is 5.84. The van der Waals surface area contributed by atoms with Gasteiger partial charge in [0, 0.05) is 43.4 Å². The van der Waals surface area contributed by atoms with E-state index in [1.165, 1.54) is 17.3 Å². The van der Waals surface area contributed by atoms with Gasteiger partial charge in [0.1, 0.15) is 11.5 Å². The monoisotopic (exact) mass is 387 g/mol. The molecule has 4 rings (SSSR count). The molecule has 1 unspecified atom stereocenters. The highest BCUT2D eigenvalue weighted by Crippen LogP contribution is 2.32.